The highest BCUT2D eigenvalue weighted by Gasteiger charge is 2.35. The van der Waals surface area contributed by atoms with Crippen molar-refractivity contribution in [3.05, 3.63) is 0 Å². The van der Waals surface area contributed by atoms with E-state index in [1.807, 2.05) is 6.92 Å². The molecule has 1 aliphatic carbocycles. The van der Waals surface area contributed by atoms with Crippen molar-refractivity contribution in [3.63, 3.8) is 0 Å². The highest BCUT2D eigenvalue weighted by atomic mass is 19.3. The van der Waals surface area contributed by atoms with Gasteiger partial charge in [0.15, 0.2) is 0 Å². The Labute approximate surface area is 102 Å². The number of alkyl halides is 2. The number of hydrogen-bond acceptors (Lipinski definition) is 2. The maximum Gasteiger partial charge on any atom is 0.248 e. The summed E-state index contributed by atoms with van der Waals surface area (Å²) in [5.41, 5.74) is 5.51. The van der Waals surface area contributed by atoms with Gasteiger partial charge in [0.2, 0.25) is 5.92 Å². The predicted molar refractivity (Wildman–Crippen MR) is 64.1 cm³/mol. The molecule has 1 fully saturated rings. The lowest BCUT2D eigenvalue weighted by atomic mass is 9.90. The second-order valence-corrected chi connectivity index (χ2v) is 5.39. The summed E-state index contributed by atoms with van der Waals surface area (Å²) in [6.07, 6.45) is 3.74. The van der Waals surface area contributed by atoms with Gasteiger partial charge >= 0.3 is 0 Å². The molecule has 1 saturated carbocycles. The molecular weight excluding hydrogens is 224 g/mol. The van der Waals surface area contributed by atoms with E-state index < -0.39 is 11.5 Å². The van der Waals surface area contributed by atoms with Crippen LogP contribution in [-0.2, 0) is 4.79 Å². The fraction of sp³-hybridized carbons (Fsp3) is 0.923. The zero-order chi connectivity index (χ0) is 12.9. The van der Waals surface area contributed by atoms with Crippen molar-refractivity contribution < 1.29 is 13.6 Å². The van der Waals surface area contributed by atoms with Crippen LogP contribution >= 0.6 is 0 Å². The van der Waals surface area contributed by atoms with E-state index in [9.17, 15) is 13.6 Å². The molecule has 0 unspecified atom stereocenters. The Balaban J connectivity index is 2.25. The number of rotatable bonds is 7. The van der Waals surface area contributed by atoms with Crippen LogP contribution in [0.2, 0.25) is 0 Å². The average molecular weight is 247 g/mol. The third-order valence-corrected chi connectivity index (χ3v) is 3.56. The molecule has 0 amide bonds. The van der Waals surface area contributed by atoms with Crippen LogP contribution in [0.1, 0.15) is 64.7 Å². The Kier molecular flexibility index (Phi) is 5.04. The molecule has 1 aliphatic rings. The van der Waals surface area contributed by atoms with Gasteiger partial charge in [0.05, 0.1) is 0 Å². The van der Waals surface area contributed by atoms with E-state index in [2.05, 4.69) is 0 Å². The van der Waals surface area contributed by atoms with Crippen molar-refractivity contribution in [1.29, 1.82) is 0 Å². The largest absolute Gasteiger partial charge is 0.325 e. The van der Waals surface area contributed by atoms with Gasteiger partial charge in [0, 0.05) is 31.2 Å². The molecule has 0 aromatic carbocycles. The number of carbonyl (C=O) groups excluding carboxylic acids is 1. The Hall–Kier alpha value is -0.510. The zero-order valence-electron chi connectivity index (χ0n) is 10.6. The molecule has 0 spiro atoms. The highest BCUT2D eigenvalue weighted by molar-refractivity contribution is 5.82. The van der Waals surface area contributed by atoms with Gasteiger partial charge in [-0.3, -0.25) is 4.79 Å². The third-order valence-electron chi connectivity index (χ3n) is 3.56. The first-order valence-electron chi connectivity index (χ1n) is 6.55. The fourth-order valence-electron chi connectivity index (χ4n) is 2.43. The summed E-state index contributed by atoms with van der Waals surface area (Å²) >= 11 is 0. The summed E-state index contributed by atoms with van der Waals surface area (Å²) in [5, 5.41) is 0. The van der Waals surface area contributed by atoms with Crippen LogP contribution in [0.25, 0.3) is 0 Å². The van der Waals surface area contributed by atoms with Gasteiger partial charge in [-0.15, -0.1) is 0 Å². The molecule has 4 heteroatoms. The maximum absolute atomic E-state index is 13.4. The molecule has 1 rings (SSSR count). The predicted octanol–water partition coefficient (Wildman–Crippen LogP) is 3.43. The lowest BCUT2D eigenvalue weighted by Gasteiger charge is -2.24. The number of carbonyl (C=O) groups is 1. The summed E-state index contributed by atoms with van der Waals surface area (Å²) in [4.78, 5) is 11.1. The Bertz CT molecular complexity index is 268. The van der Waals surface area contributed by atoms with Crippen LogP contribution in [0, 0.1) is 0 Å². The monoisotopic (exact) mass is 247 g/mol. The fourth-order valence-corrected chi connectivity index (χ4v) is 2.43. The number of ketones is 1. The van der Waals surface area contributed by atoms with Gasteiger partial charge in [-0.2, -0.15) is 0 Å². The first kappa shape index (κ1) is 14.6. The smallest absolute Gasteiger partial charge is 0.248 e. The van der Waals surface area contributed by atoms with Crippen LogP contribution in [0.15, 0.2) is 0 Å². The van der Waals surface area contributed by atoms with Gasteiger partial charge in [0.25, 0.3) is 0 Å². The standard InChI is InChI=1S/C13H23F2NO/c1-2-3-7-13(14,15)8-4-6-12(16)9-5-11(17)10-12/h2-10,16H2,1H3/t12-/m1/s1. The topological polar surface area (TPSA) is 43.1 Å². The Morgan fingerprint density at radius 2 is 2.00 bits per heavy atom. The van der Waals surface area contributed by atoms with Crippen LogP contribution in [0.4, 0.5) is 8.78 Å². The summed E-state index contributed by atoms with van der Waals surface area (Å²) in [5.74, 6) is -2.39. The van der Waals surface area contributed by atoms with Crippen molar-refractivity contribution in [3.8, 4) is 0 Å². The molecule has 0 aromatic heterocycles. The minimum atomic E-state index is -2.56. The summed E-state index contributed by atoms with van der Waals surface area (Å²) in [7, 11) is 0. The van der Waals surface area contributed by atoms with Crippen LogP contribution < -0.4 is 5.73 Å². The molecule has 0 radical (unpaired) electrons. The van der Waals surface area contributed by atoms with E-state index >= 15 is 0 Å². The molecule has 17 heavy (non-hydrogen) atoms. The van der Waals surface area contributed by atoms with Crippen molar-refractivity contribution >= 4 is 5.78 Å². The number of Topliss-reactive ketones (excluding diaryl/α,β-unsaturated/α-hetero) is 1. The molecule has 0 saturated heterocycles. The maximum atomic E-state index is 13.4. The molecule has 0 bridgehead atoms. The molecule has 0 aromatic rings. The van der Waals surface area contributed by atoms with E-state index in [0.29, 0.717) is 38.5 Å². The van der Waals surface area contributed by atoms with Crippen molar-refractivity contribution in [2.45, 2.75) is 76.2 Å². The first-order chi connectivity index (χ1) is 7.87. The van der Waals surface area contributed by atoms with Gasteiger partial charge < -0.3 is 5.73 Å². The SMILES string of the molecule is CCCCC(F)(F)CCC[C@@]1(N)CCC(=O)C1. The lowest BCUT2D eigenvalue weighted by molar-refractivity contribution is -0.117. The third kappa shape index (κ3) is 5.11. The van der Waals surface area contributed by atoms with E-state index in [4.69, 9.17) is 5.73 Å². The normalized spacial score (nSPS) is 25.5. The molecule has 0 aliphatic heterocycles. The van der Waals surface area contributed by atoms with Crippen molar-refractivity contribution in [2.75, 3.05) is 0 Å². The zero-order valence-corrected chi connectivity index (χ0v) is 10.6. The second kappa shape index (κ2) is 5.89. The molecule has 0 heterocycles. The van der Waals surface area contributed by atoms with Gasteiger partial charge in [0.1, 0.15) is 5.78 Å². The number of unbranched alkanes of at least 4 members (excludes halogenated alkanes) is 1. The van der Waals surface area contributed by atoms with E-state index in [1.54, 1.807) is 0 Å². The molecule has 100 valence electrons. The summed E-state index contributed by atoms with van der Waals surface area (Å²) in [6.45, 7) is 1.91. The number of hydrogen-bond donors (Lipinski definition) is 1. The molecule has 2 N–H and O–H groups in total. The van der Waals surface area contributed by atoms with Gasteiger partial charge in [-0.1, -0.05) is 13.3 Å². The van der Waals surface area contributed by atoms with E-state index in [0.717, 1.165) is 6.42 Å². The minimum absolute atomic E-state index is 0.0278. The first-order valence-corrected chi connectivity index (χ1v) is 6.55. The van der Waals surface area contributed by atoms with Gasteiger partial charge in [-0.05, 0) is 25.7 Å². The van der Waals surface area contributed by atoms with E-state index in [1.165, 1.54) is 0 Å². The van der Waals surface area contributed by atoms with Crippen LogP contribution in [0.3, 0.4) is 0 Å². The van der Waals surface area contributed by atoms with E-state index in [-0.39, 0.29) is 18.6 Å². The molecule has 1 atom stereocenters. The van der Waals surface area contributed by atoms with Crippen LogP contribution in [0.5, 0.6) is 0 Å². The minimum Gasteiger partial charge on any atom is -0.325 e. The molecule has 2 nitrogen and oxygen atoms in total. The quantitative estimate of drug-likeness (QED) is 0.749. The second-order valence-electron chi connectivity index (χ2n) is 5.39. The lowest BCUT2D eigenvalue weighted by Crippen LogP contribution is -2.37. The number of nitrogens with two attached hydrogens (primary N) is 1. The summed E-state index contributed by atoms with van der Waals surface area (Å²) < 4.78 is 26.8. The number of halogens is 2. The Morgan fingerprint density at radius 1 is 1.35 bits per heavy atom. The summed E-state index contributed by atoms with van der Waals surface area (Å²) in [6, 6.07) is 0. The van der Waals surface area contributed by atoms with Crippen molar-refractivity contribution in [2.24, 2.45) is 5.73 Å². The van der Waals surface area contributed by atoms with Crippen LogP contribution in [-0.4, -0.2) is 17.2 Å². The van der Waals surface area contributed by atoms with Gasteiger partial charge in [-0.25, -0.2) is 8.78 Å². The molecular formula is C13H23F2NO. The highest BCUT2D eigenvalue weighted by Crippen LogP contribution is 2.33. The van der Waals surface area contributed by atoms with Crippen molar-refractivity contribution in [1.82, 2.24) is 0 Å². The average Bonchev–Trinajstić information content (AvgIpc) is 2.56. The Morgan fingerprint density at radius 3 is 2.53 bits per heavy atom.